The van der Waals surface area contributed by atoms with Crippen molar-refractivity contribution in [2.75, 3.05) is 0 Å². The van der Waals surface area contributed by atoms with Crippen molar-refractivity contribution in [3.05, 3.63) is 76.4 Å². The number of fused-ring (bicyclic) bond motifs is 1. The first-order valence-corrected chi connectivity index (χ1v) is 6.96. The van der Waals surface area contributed by atoms with Gasteiger partial charge < -0.3 is 10.2 Å². The zero-order valence-electron chi connectivity index (χ0n) is 11.5. The van der Waals surface area contributed by atoms with Gasteiger partial charge in [-0.25, -0.2) is 4.79 Å². The lowest BCUT2D eigenvalue weighted by Gasteiger charge is -2.19. The number of hydrogen-bond donors (Lipinski definition) is 2. The standard InChI is InChI=1S/C18H16O3/c19-11-12-3-1-5-14(9-12)16-6-2-4-13-7-8-15(18(20)21)10-17(13)16/h1,3,5-10,19H,2,4,11H2,(H,20,21). The van der Waals surface area contributed by atoms with Crippen LogP contribution < -0.4 is 0 Å². The van der Waals surface area contributed by atoms with E-state index in [9.17, 15) is 15.0 Å². The molecular formula is C18H16O3. The molecule has 3 heteroatoms. The molecule has 0 spiro atoms. The van der Waals surface area contributed by atoms with Crippen molar-refractivity contribution in [1.82, 2.24) is 0 Å². The van der Waals surface area contributed by atoms with E-state index in [-0.39, 0.29) is 6.61 Å². The number of carboxylic acids is 1. The van der Waals surface area contributed by atoms with Crippen molar-refractivity contribution >= 4 is 11.5 Å². The highest BCUT2D eigenvalue weighted by atomic mass is 16.4. The van der Waals surface area contributed by atoms with Gasteiger partial charge in [0.1, 0.15) is 0 Å². The second-order valence-corrected chi connectivity index (χ2v) is 5.19. The molecule has 0 bridgehead atoms. The molecule has 2 aromatic carbocycles. The lowest BCUT2D eigenvalue weighted by Crippen LogP contribution is -2.05. The van der Waals surface area contributed by atoms with E-state index >= 15 is 0 Å². The van der Waals surface area contributed by atoms with E-state index in [1.807, 2.05) is 30.3 Å². The lowest BCUT2D eigenvalue weighted by atomic mass is 9.85. The molecule has 0 aliphatic heterocycles. The van der Waals surface area contributed by atoms with E-state index in [2.05, 4.69) is 6.08 Å². The van der Waals surface area contributed by atoms with Crippen LogP contribution in [0.2, 0.25) is 0 Å². The van der Waals surface area contributed by atoms with Crippen LogP contribution in [0.5, 0.6) is 0 Å². The number of aromatic carboxylic acids is 1. The van der Waals surface area contributed by atoms with Gasteiger partial charge in [0.25, 0.3) is 0 Å². The third-order valence-electron chi connectivity index (χ3n) is 3.83. The van der Waals surface area contributed by atoms with E-state index in [1.54, 1.807) is 12.1 Å². The number of rotatable bonds is 3. The third-order valence-corrected chi connectivity index (χ3v) is 3.83. The number of allylic oxidation sites excluding steroid dienone is 1. The second-order valence-electron chi connectivity index (χ2n) is 5.19. The third kappa shape index (κ3) is 2.60. The molecule has 3 rings (SSSR count). The first-order valence-electron chi connectivity index (χ1n) is 6.96. The van der Waals surface area contributed by atoms with Crippen molar-refractivity contribution in [2.24, 2.45) is 0 Å². The zero-order valence-corrected chi connectivity index (χ0v) is 11.5. The molecule has 1 aliphatic carbocycles. The molecule has 1 aliphatic rings. The van der Waals surface area contributed by atoms with Gasteiger partial charge >= 0.3 is 5.97 Å². The maximum absolute atomic E-state index is 11.2. The average Bonchev–Trinajstić information content (AvgIpc) is 2.53. The number of carbonyl (C=O) groups is 1. The van der Waals surface area contributed by atoms with Crippen molar-refractivity contribution in [2.45, 2.75) is 19.4 Å². The summed E-state index contributed by atoms with van der Waals surface area (Å²) in [4.78, 5) is 11.2. The van der Waals surface area contributed by atoms with Crippen LogP contribution in [0.1, 0.15) is 39.0 Å². The Hall–Kier alpha value is -2.39. The predicted molar refractivity (Wildman–Crippen MR) is 81.2 cm³/mol. The highest BCUT2D eigenvalue weighted by molar-refractivity contribution is 5.91. The quantitative estimate of drug-likeness (QED) is 0.907. The molecule has 0 heterocycles. The van der Waals surface area contributed by atoms with Crippen molar-refractivity contribution < 1.29 is 15.0 Å². The van der Waals surface area contributed by atoms with Crippen LogP contribution in [0.15, 0.2) is 48.5 Å². The van der Waals surface area contributed by atoms with Gasteiger partial charge in [-0.3, -0.25) is 0 Å². The van der Waals surface area contributed by atoms with Gasteiger partial charge in [-0.2, -0.15) is 0 Å². The summed E-state index contributed by atoms with van der Waals surface area (Å²) in [6.07, 6.45) is 4.01. The Morgan fingerprint density at radius 3 is 2.76 bits per heavy atom. The fraction of sp³-hybridized carbons (Fsp3) is 0.167. The zero-order chi connectivity index (χ0) is 14.8. The van der Waals surface area contributed by atoms with E-state index in [1.165, 1.54) is 5.56 Å². The molecule has 2 aromatic rings. The molecule has 21 heavy (non-hydrogen) atoms. The average molecular weight is 280 g/mol. The van der Waals surface area contributed by atoms with Gasteiger partial charge in [0.2, 0.25) is 0 Å². The molecular weight excluding hydrogens is 264 g/mol. The Bertz CT molecular complexity index is 729. The summed E-state index contributed by atoms with van der Waals surface area (Å²) in [6.45, 7) is 0.00312. The number of benzene rings is 2. The molecule has 0 saturated heterocycles. The van der Waals surface area contributed by atoms with Crippen molar-refractivity contribution in [3.8, 4) is 0 Å². The molecule has 2 N–H and O–H groups in total. The molecule has 0 atom stereocenters. The summed E-state index contributed by atoms with van der Waals surface area (Å²) in [6, 6.07) is 13.0. The Labute approximate surface area is 123 Å². The van der Waals surface area contributed by atoms with Crippen molar-refractivity contribution in [3.63, 3.8) is 0 Å². The minimum atomic E-state index is -0.910. The van der Waals surface area contributed by atoms with E-state index in [0.29, 0.717) is 5.56 Å². The SMILES string of the molecule is O=C(O)c1ccc2c(c1)C(c1cccc(CO)c1)=CCC2. The van der Waals surface area contributed by atoms with E-state index < -0.39 is 5.97 Å². The second kappa shape index (κ2) is 5.54. The normalized spacial score (nSPS) is 13.5. The van der Waals surface area contributed by atoms with Crippen molar-refractivity contribution in [1.29, 1.82) is 0 Å². The Balaban J connectivity index is 2.11. The highest BCUT2D eigenvalue weighted by Crippen LogP contribution is 2.32. The summed E-state index contributed by atoms with van der Waals surface area (Å²) < 4.78 is 0. The number of carboxylic acid groups (broad SMARTS) is 1. The summed E-state index contributed by atoms with van der Waals surface area (Å²) in [5, 5.41) is 18.4. The summed E-state index contributed by atoms with van der Waals surface area (Å²) >= 11 is 0. The molecule has 0 amide bonds. The maximum atomic E-state index is 11.2. The topological polar surface area (TPSA) is 57.5 Å². The summed E-state index contributed by atoms with van der Waals surface area (Å²) in [5.74, 6) is -0.910. The molecule has 0 radical (unpaired) electrons. The van der Waals surface area contributed by atoms with Gasteiger partial charge in [0, 0.05) is 0 Å². The monoisotopic (exact) mass is 280 g/mol. The predicted octanol–water partition coefficient (Wildman–Crippen LogP) is 3.26. The van der Waals surface area contributed by atoms with Crippen LogP contribution in [0, 0.1) is 0 Å². The van der Waals surface area contributed by atoms with Gasteiger partial charge in [-0.1, -0.05) is 30.3 Å². The fourth-order valence-electron chi connectivity index (χ4n) is 2.77. The molecule has 0 saturated carbocycles. The Morgan fingerprint density at radius 1 is 1.14 bits per heavy atom. The van der Waals surface area contributed by atoms with Crippen LogP contribution in [-0.4, -0.2) is 16.2 Å². The van der Waals surface area contributed by atoms with Gasteiger partial charge in [-0.15, -0.1) is 0 Å². The Kier molecular flexibility index (Phi) is 3.59. The van der Waals surface area contributed by atoms with E-state index in [0.717, 1.165) is 35.1 Å². The minimum absolute atomic E-state index is 0.00312. The van der Waals surface area contributed by atoms with Gasteiger partial charge in [-0.05, 0) is 58.9 Å². The van der Waals surface area contributed by atoms with Crippen LogP contribution in [-0.2, 0) is 13.0 Å². The maximum Gasteiger partial charge on any atom is 0.335 e. The molecule has 0 unspecified atom stereocenters. The number of aliphatic hydroxyl groups is 1. The molecule has 0 aromatic heterocycles. The Morgan fingerprint density at radius 2 is 2.00 bits per heavy atom. The highest BCUT2D eigenvalue weighted by Gasteiger charge is 2.16. The van der Waals surface area contributed by atoms with Crippen LogP contribution >= 0.6 is 0 Å². The number of hydrogen-bond acceptors (Lipinski definition) is 2. The smallest absolute Gasteiger partial charge is 0.335 e. The lowest BCUT2D eigenvalue weighted by molar-refractivity contribution is 0.0697. The van der Waals surface area contributed by atoms with Gasteiger partial charge in [0.05, 0.1) is 12.2 Å². The van der Waals surface area contributed by atoms with Crippen LogP contribution in [0.3, 0.4) is 0 Å². The summed E-state index contributed by atoms with van der Waals surface area (Å²) in [7, 11) is 0. The minimum Gasteiger partial charge on any atom is -0.478 e. The number of aliphatic hydroxyl groups excluding tert-OH is 1. The molecule has 3 nitrogen and oxygen atoms in total. The molecule has 106 valence electrons. The largest absolute Gasteiger partial charge is 0.478 e. The van der Waals surface area contributed by atoms with E-state index in [4.69, 9.17) is 0 Å². The fourth-order valence-corrected chi connectivity index (χ4v) is 2.77. The summed E-state index contributed by atoms with van der Waals surface area (Å²) in [5.41, 5.74) is 5.39. The van der Waals surface area contributed by atoms with Crippen LogP contribution in [0.25, 0.3) is 5.57 Å². The number of aryl methyl sites for hydroxylation is 1. The van der Waals surface area contributed by atoms with Crippen LogP contribution in [0.4, 0.5) is 0 Å². The molecule has 0 fully saturated rings. The van der Waals surface area contributed by atoms with Gasteiger partial charge in [0.15, 0.2) is 0 Å². The first kappa shape index (κ1) is 13.6. The first-order chi connectivity index (χ1) is 10.2.